The Balaban J connectivity index is 3.06. The van der Waals surface area contributed by atoms with Crippen LogP contribution in [0.5, 0.6) is 0 Å². The molecule has 20 heavy (non-hydrogen) atoms. The van der Waals surface area contributed by atoms with Crippen molar-refractivity contribution in [3.05, 3.63) is 33.9 Å². The van der Waals surface area contributed by atoms with Gasteiger partial charge >= 0.3 is 5.97 Å². The molecule has 0 fully saturated rings. The van der Waals surface area contributed by atoms with Crippen LogP contribution >= 0.6 is 0 Å². The first kappa shape index (κ1) is 15.9. The molecule has 110 valence electrons. The number of anilines is 1. The maximum atomic E-state index is 11.1. The number of carbonyl (C=O) groups is 1. The molecular weight excluding hydrogens is 288 g/mol. The highest BCUT2D eigenvalue weighted by Crippen LogP contribution is 2.26. The molecule has 0 bridgehead atoms. The number of nitrogens with zero attached hydrogens (tertiary/aromatic N) is 1. The van der Waals surface area contributed by atoms with Gasteiger partial charge in [0.15, 0.2) is 0 Å². The molecule has 0 aliphatic carbocycles. The van der Waals surface area contributed by atoms with Gasteiger partial charge in [0.05, 0.1) is 16.2 Å². The molecule has 0 saturated heterocycles. The SMILES string of the molecule is CC(CS(C)(=O)=O)Nc1ccc(C(=O)O)cc1[N+](=O)[O-]. The summed E-state index contributed by atoms with van der Waals surface area (Å²) in [6, 6.07) is 2.85. The van der Waals surface area contributed by atoms with Gasteiger partial charge in [-0.15, -0.1) is 0 Å². The van der Waals surface area contributed by atoms with Gasteiger partial charge < -0.3 is 10.4 Å². The van der Waals surface area contributed by atoms with E-state index in [1.165, 1.54) is 12.1 Å². The molecule has 1 aromatic carbocycles. The summed E-state index contributed by atoms with van der Waals surface area (Å²) >= 11 is 0. The number of hydrogen-bond donors (Lipinski definition) is 2. The molecule has 1 aromatic rings. The van der Waals surface area contributed by atoms with E-state index in [0.29, 0.717) is 0 Å². The maximum absolute atomic E-state index is 11.1. The Kier molecular flexibility index (Phi) is 4.66. The largest absolute Gasteiger partial charge is 0.478 e. The lowest BCUT2D eigenvalue weighted by molar-refractivity contribution is -0.384. The van der Waals surface area contributed by atoms with Crippen LogP contribution in [-0.4, -0.2) is 42.5 Å². The van der Waals surface area contributed by atoms with Gasteiger partial charge in [0.2, 0.25) is 0 Å². The lowest BCUT2D eigenvalue weighted by atomic mass is 10.1. The zero-order valence-electron chi connectivity index (χ0n) is 10.9. The van der Waals surface area contributed by atoms with E-state index in [1.807, 2.05) is 0 Å². The third-order valence-corrected chi connectivity index (χ3v) is 3.50. The van der Waals surface area contributed by atoms with Crippen LogP contribution in [0.4, 0.5) is 11.4 Å². The van der Waals surface area contributed by atoms with Crippen molar-refractivity contribution in [3.8, 4) is 0 Å². The van der Waals surface area contributed by atoms with Crippen molar-refractivity contribution in [2.45, 2.75) is 13.0 Å². The molecule has 0 spiro atoms. The molecule has 0 aliphatic heterocycles. The number of nitro groups is 1. The third-order valence-electron chi connectivity index (χ3n) is 2.40. The molecule has 8 nitrogen and oxygen atoms in total. The lowest BCUT2D eigenvalue weighted by Gasteiger charge is -2.14. The lowest BCUT2D eigenvalue weighted by Crippen LogP contribution is -2.25. The van der Waals surface area contributed by atoms with E-state index in [0.717, 1.165) is 12.3 Å². The molecule has 9 heteroatoms. The first-order valence-corrected chi connectivity index (χ1v) is 7.62. The summed E-state index contributed by atoms with van der Waals surface area (Å²) in [5.41, 5.74) is -0.542. The molecular formula is C11H14N2O6S. The number of nitro benzene ring substituents is 1. The second kappa shape index (κ2) is 5.87. The molecule has 1 rings (SSSR count). The Bertz CT molecular complexity index is 640. The quantitative estimate of drug-likeness (QED) is 0.595. The minimum atomic E-state index is -3.22. The Hall–Kier alpha value is -2.16. The van der Waals surface area contributed by atoms with E-state index < -0.39 is 32.5 Å². The minimum Gasteiger partial charge on any atom is -0.478 e. The predicted molar refractivity (Wildman–Crippen MR) is 72.9 cm³/mol. The van der Waals surface area contributed by atoms with Crippen molar-refractivity contribution in [2.75, 3.05) is 17.3 Å². The third kappa shape index (κ3) is 4.50. The maximum Gasteiger partial charge on any atom is 0.335 e. The smallest absolute Gasteiger partial charge is 0.335 e. The summed E-state index contributed by atoms with van der Waals surface area (Å²) in [4.78, 5) is 21.0. The number of benzene rings is 1. The van der Waals surface area contributed by atoms with Crippen molar-refractivity contribution in [2.24, 2.45) is 0 Å². The average Bonchev–Trinajstić information content (AvgIpc) is 2.25. The van der Waals surface area contributed by atoms with E-state index in [2.05, 4.69) is 5.32 Å². The molecule has 0 aromatic heterocycles. The Morgan fingerprint density at radius 1 is 1.50 bits per heavy atom. The Morgan fingerprint density at radius 2 is 2.10 bits per heavy atom. The number of hydrogen-bond acceptors (Lipinski definition) is 6. The fraction of sp³-hybridized carbons (Fsp3) is 0.364. The minimum absolute atomic E-state index is 0.0798. The molecule has 1 unspecified atom stereocenters. The summed E-state index contributed by atoms with van der Waals surface area (Å²) in [5, 5.41) is 22.4. The molecule has 0 heterocycles. The molecule has 0 radical (unpaired) electrons. The van der Waals surface area contributed by atoms with E-state index >= 15 is 0 Å². The summed E-state index contributed by atoms with van der Waals surface area (Å²) in [7, 11) is -3.22. The van der Waals surface area contributed by atoms with Crippen molar-refractivity contribution in [1.82, 2.24) is 0 Å². The van der Waals surface area contributed by atoms with Crippen molar-refractivity contribution < 1.29 is 23.2 Å². The monoisotopic (exact) mass is 302 g/mol. The zero-order chi connectivity index (χ0) is 15.5. The fourth-order valence-corrected chi connectivity index (χ4v) is 2.69. The van der Waals surface area contributed by atoms with Gasteiger partial charge in [0.25, 0.3) is 5.69 Å². The van der Waals surface area contributed by atoms with Crippen LogP contribution in [0.1, 0.15) is 17.3 Å². The Labute approximate surface area is 115 Å². The molecule has 1 atom stereocenters. The van der Waals surface area contributed by atoms with Crippen molar-refractivity contribution in [1.29, 1.82) is 0 Å². The number of carboxylic acids is 1. The van der Waals surface area contributed by atoms with Crippen LogP contribution in [0, 0.1) is 10.1 Å². The van der Waals surface area contributed by atoms with Gasteiger partial charge in [0.1, 0.15) is 15.5 Å². The highest BCUT2D eigenvalue weighted by Gasteiger charge is 2.19. The van der Waals surface area contributed by atoms with Gasteiger partial charge in [-0.1, -0.05) is 0 Å². The van der Waals surface area contributed by atoms with Crippen molar-refractivity contribution in [3.63, 3.8) is 0 Å². The summed E-state index contributed by atoms with van der Waals surface area (Å²) in [6.07, 6.45) is 1.06. The number of sulfone groups is 1. The molecule has 0 aliphatic rings. The highest BCUT2D eigenvalue weighted by atomic mass is 32.2. The Morgan fingerprint density at radius 3 is 2.55 bits per heavy atom. The van der Waals surface area contributed by atoms with E-state index in [1.54, 1.807) is 6.92 Å². The zero-order valence-corrected chi connectivity index (χ0v) is 11.7. The highest BCUT2D eigenvalue weighted by molar-refractivity contribution is 7.90. The van der Waals surface area contributed by atoms with E-state index in [4.69, 9.17) is 5.11 Å². The number of nitrogens with one attached hydrogen (secondary N) is 1. The summed E-state index contributed by atoms with van der Waals surface area (Å²) in [6.45, 7) is 1.57. The second-order valence-electron chi connectivity index (χ2n) is 4.43. The van der Waals surface area contributed by atoms with Crippen LogP contribution in [0.3, 0.4) is 0 Å². The van der Waals surface area contributed by atoms with Crippen LogP contribution in [0.15, 0.2) is 18.2 Å². The van der Waals surface area contributed by atoms with Crippen LogP contribution in [0.25, 0.3) is 0 Å². The van der Waals surface area contributed by atoms with Gasteiger partial charge in [0, 0.05) is 18.4 Å². The fourth-order valence-electron chi connectivity index (χ4n) is 1.70. The predicted octanol–water partition coefficient (Wildman–Crippen LogP) is 1.14. The van der Waals surface area contributed by atoms with Crippen LogP contribution in [-0.2, 0) is 9.84 Å². The van der Waals surface area contributed by atoms with E-state index in [-0.39, 0.29) is 17.0 Å². The summed E-state index contributed by atoms with van der Waals surface area (Å²) in [5.74, 6) is -1.46. The van der Waals surface area contributed by atoms with Gasteiger partial charge in [-0.25, -0.2) is 13.2 Å². The molecule has 0 saturated carbocycles. The van der Waals surface area contributed by atoms with Crippen LogP contribution < -0.4 is 5.32 Å². The average molecular weight is 302 g/mol. The molecule has 0 amide bonds. The first-order chi connectivity index (χ1) is 9.10. The number of rotatable bonds is 6. The first-order valence-electron chi connectivity index (χ1n) is 5.56. The van der Waals surface area contributed by atoms with Gasteiger partial charge in [-0.2, -0.15) is 0 Å². The normalized spacial score (nSPS) is 12.7. The number of aromatic carboxylic acids is 1. The molecule has 2 N–H and O–H groups in total. The van der Waals surface area contributed by atoms with Gasteiger partial charge in [-0.05, 0) is 19.1 Å². The van der Waals surface area contributed by atoms with Crippen LogP contribution in [0.2, 0.25) is 0 Å². The topological polar surface area (TPSA) is 127 Å². The van der Waals surface area contributed by atoms with E-state index in [9.17, 15) is 23.3 Å². The summed E-state index contributed by atoms with van der Waals surface area (Å²) < 4.78 is 22.3. The second-order valence-corrected chi connectivity index (χ2v) is 6.62. The van der Waals surface area contributed by atoms with Gasteiger partial charge in [-0.3, -0.25) is 10.1 Å². The van der Waals surface area contributed by atoms with Crippen molar-refractivity contribution >= 4 is 27.2 Å². The number of carboxylic acid groups (broad SMARTS) is 1. The standard InChI is InChI=1S/C11H14N2O6S/c1-7(6-20(2,18)19)12-9-4-3-8(11(14)15)5-10(9)13(16)17/h3-5,7,12H,6H2,1-2H3,(H,14,15).